The number of carbonyl (C=O) groups excluding carboxylic acids is 1. The number of benzene rings is 2. The second kappa shape index (κ2) is 6.78. The van der Waals surface area contributed by atoms with Gasteiger partial charge in [0.1, 0.15) is 11.5 Å². The monoisotopic (exact) mass is 466 g/mol. The Balaban J connectivity index is 2.21. The summed E-state index contributed by atoms with van der Waals surface area (Å²) in [6, 6.07) is 10.1. The second-order valence-corrected chi connectivity index (χ2v) is 6.30. The normalized spacial score (nSPS) is 10.2. The van der Waals surface area contributed by atoms with Crippen molar-refractivity contribution in [3.8, 4) is 11.5 Å². The Morgan fingerprint density at radius 2 is 1.90 bits per heavy atom. The highest BCUT2D eigenvalue weighted by molar-refractivity contribution is 14.1. The molecule has 0 radical (unpaired) electrons. The lowest BCUT2D eigenvalue weighted by molar-refractivity contribution is 0.0734. The van der Waals surface area contributed by atoms with Crippen molar-refractivity contribution in [2.24, 2.45) is 0 Å². The van der Waals surface area contributed by atoms with Crippen LogP contribution in [0, 0.1) is 3.57 Å². The van der Waals surface area contributed by atoms with Crippen molar-refractivity contribution in [2.75, 3.05) is 7.11 Å². The SMILES string of the molecule is COc1ccc(C(=O)Oc2ccc(Br)cc2Cl)cc1I. The fraction of sp³-hybridized carbons (Fsp3) is 0.0714. The fourth-order valence-corrected chi connectivity index (χ4v) is 2.96. The largest absolute Gasteiger partial charge is 0.496 e. The van der Waals surface area contributed by atoms with E-state index in [-0.39, 0.29) is 0 Å². The van der Waals surface area contributed by atoms with Crippen molar-refractivity contribution >= 4 is 56.1 Å². The van der Waals surface area contributed by atoms with E-state index in [1.807, 2.05) is 0 Å². The first kappa shape index (κ1) is 15.6. The van der Waals surface area contributed by atoms with E-state index in [0.717, 1.165) is 8.04 Å². The molecule has 6 heteroatoms. The van der Waals surface area contributed by atoms with E-state index in [1.54, 1.807) is 43.5 Å². The molecule has 0 aliphatic heterocycles. The van der Waals surface area contributed by atoms with Gasteiger partial charge in [0.2, 0.25) is 0 Å². The number of hydrogen-bond acceptors (Lipinski definition) is 3. The lowest BCUT2D eigenvalue weighted by Gasteiger charge is -2.08. The standard InChI is InChI=1S/C14H9BrClIO3/c1-19-13-4-2-8(6-11(13)17)14(18)20-12-5-3-9(15)7-10(12)16/h2-7H,1H3. The Morgan fingerprint density at radius 1 is 1.20 bits per heavy atom. The molecule has 104 valence electrons. The zero-order chi connectivity index (χ0) is 14.7. The molecule has 2 aromatic rings. The Hall–Kier alpha value is -0.790. The van der Waals surface area contributed by atoms with Gasteiger partial charge < -0.3 is 9.47 Å². The molecular formula is C14H9BrClIO3. The van der Waals surface area contributed by atoms with Crippen LogP contribution in [-0.4, -0.2) is 13.1 Å². The quantitative estimate of drug-likeness (QED) is 0.365. The molecule has 2 rings (SSSR count). The Morgan fingerprint density at radius 3 is 2.50 bits per heavy atom. The third kappa shape index (κ3) is 3.65. The van der Waals surface area contributed by atoms with Gasteiger partial charge >= 0.3 is 5.97 Å². The number of carbonyl (C=O) groups is 1. The zero-order valence-corrected chi connectivity index (χ0v) is 14.8. The number of methoxy groups -OCH3 is 1. The van der Waals surface area contributed by atoms with Crippen LogP contribution in [0.4, 0.5) is 0 Å². The molecule has 0 atom stereocenters. The summed E-state index contributed by atoms with van der Waals surface area (Å²) in [5.41, 5.74) is 0.439. The molecular weight excluding hydrogens is 458 g/mol. The average molecular weight is 467 g/mol. The van der Waals surface area contributed by atoms with Crippen molar-refractivity contribution in [1.82, 2.24) is 0 Å². The van der Waals surface area contributed by atoms with Crippen LogP contribution in [0.15, 0.2) is 40.9 Å². The summed E-state index contributed by atoms with van der Waals surface area (Å²) in [5.74, 6) is 0.573. The van der Waals surface area contributed by atoms with Gasteiger partial charge in [-0.15, -0.1) is 0 Å². The molecule has 0 heterocycles. The Labute approximate surface area is 143 Å². The first-order valence-corrected chi connectivity index (χ1v) is 7.77. The van der Waals surface area contributed by atoms with E-state index in [4.69, 9.17) is 21.1 Å². The third-order valence-electron chi connectivity index (χ3n) is 2.48. The van der Waals surface area contributed by atoms with E-state index >= 15 is 0 Å². The Kier molecular flexibility index (Phi) is 5.29. The van der Waals surface area contributed by atoms with Crippen molar-refractivity contribution in [2.45, 2.75) is 0 Å². The molecule has 0 aromatic heterocycles. The van der Waals surface area contributed by atoms with Crippen molar-refractivity contribution in [1.29, 1.82) is 0 Å². The van der Waals surface area contributed by atoms with Gasteiger partial charge in [0.05, 0.1) is 21.3 Å². The maximum absolute atomic E-state index is 12.1. The van der Waals surface area contributed by atoms with Crippen LogP contribution in [0.3, 0.4) is 0 Å². The number of rotatable bonds is 3. The molecule has 0 amide bonds. The molecule has 0 aliphatic rings. The smallest absolute Gasteiger partial charge is 0.343 e. The minimum Gasteiger partial charge on any atom is -0.496 e. The maximum Gasteiger partial charge on any atom is 0.343 e. The molecule has 0 aliphatic carbocycles. The molecule has 0 saturated heterocycles. The number of esters is 1. The summed E-state index contributed by atoms with van der Waals surface area (Å²) < 4.78 is 12.1. The van der Waals surface area contributed by atoms with Gasteiger partial charge in [-0.25, -0.2) is 4.79 Å². The summed E-state index contributed by atoms with van der Waals surface area (Å²) in [7, 11) is 1.58. The lowest BCUT2D eigenvalue weighted by atomic mass is 10.2. The van der Waals surface area contributed by atoms with Crippen LogP contribution in [0.5, 0.6) is 11.5 Å². The highest BCUT2D eigenvalue weighted by Gasteiger charge is 2.13. The molecule has 0 fully saturated rings. The second-order valence-electron chi connectivity index (χ2n) is 3.81. The number of halogens is 3. The molecule has 3 nitrogen and oxygen atoms in total. The molecule has 0 unspecified atom stereocenters. The lowest BCUT2D eigenvalue weighted by Crippen LogP contribution is -2.09. The fourth-order valence-electron chi connectivity index (χ4n) is 1.51. The summed E-state index contributed by atoms with van der Waals surface area (Å²) >= 11 is 11.4. The summed E-state index contributed by atoms with van der Waals surface area (Å²) in [5, 5.41) is 0.371. The van der Waals surface area contributed by atoms with E-state index in [0.29, 0.717) is 22.1 Å². The van der Waals surface area contributed by atoms with Gasteiger partial charge in [0.25, 0.3) is 0 Å². The van der Waals surface area contributed by atoms with Crippen molar-refractivity contribution < 1.29 is 14.3 Å². The van der Waals surface area contributed by atoms with Crippen LogP contribution in [0.2, 0.25) is 5.02 Å². The van der Waals surface area contributed by atoms with Crippen molar-refractivity contribution in [3.05, 3.63) is 55.0 Å². The highest BCUT2D eigenvalue weighted by atomic mass is 127. The Bertz CT molecular complexity index is 661. The van der Waals surface area contributed by atoms with E-state index in [2.05, 4.69) is 38.5 Å². The van der Waals surface area contributed by atoms with Gasteiger partial charge in [0.15, 0.2) is 0 Å². The first-order chi connectivity index (χ1) is 9.51. The van der Waals surface area contributed by atoms with Gasteiger partial charge in [-0.05, 0) is 59.0 Å². The topological polar surface area (TPSA) is 35.5 Å². The third-order valence-corrected chi connectivity index (χ3v) is 4.12. The average Bonchev–Trinajstić information content (AvgIpc) is 2.41. The minimum atomic E-state index is -0.463. The number of hydrogen-bond donors (Lipinski definition) is 0. The van der Waals surface area contributed by atoms with Crippen LogP contribution in [0.1, 0.15) is 10.4 Å². The van der Waals surface area contributed by atoms with Gasteiger partial charge in [-0.3, -0.25) is 0 Å². The first-order valence-electron chi connectivity index (χ1n) is 5.52. The zero-order valence-electron chi connectivity index (χ0n) is 10.3. The summed E-state index contributed by atoms with van der Waals surface area (Å²) in [4.78, 5) is 12.1. The molecule has 0 saturated carbocycles. The van der Waals surface area contributed by atoms with Crippen LogP contribution in [0.25, 0.3) is 0 Å². The maximum atomic E-state index is 12.1. The van der Waals surface area contributed by atoms with Crippen LogP contribution < -0.4 is 9.47 Å². The minimum absolute atomic E-state index is 0.325. The van der Waals surface area contributed by atoms with Crippen LogP contribution >= 0.6 is 50.1 Å². The van der Waals surface area contributed by atoms with E-state index < -0.39 is 5.97 Å². The molecule has 0 bridgehead atoms. The van der Waals surface area contributed by atoms with Gasteiger partial charge in [-0.2, -0.15) is 0 Å². The number of ether oxygens (including phenoxy) is 2. The van der Waals surface area contributed by atoms with Gasteiger partial charge in [-0.1, -0.05) is 27.5 Å². The molecule has 2 aromatic carbocycles. The highest BCUT2D eigenvalue weighted by Crippen LogP contribution is 2.29. The predicted octanol–water partition coefficient (Wildman–Crippen LogP) is 4.93. The molecule has 20 heavy (non-hydrogen) atoms. The van der Waals surface area contributed by atoms with E-state index in [9.17, 15) is 4.79 Å². The summed E-state index contributed by atoms with van der Waals surface area (Å²) in [6.07, 6.45) is 0. The van der Waals surface area contributed by atoms with Crippen LogP contribution in [-0.2, 0) is 0 Å². The molecule has 0 spiro atoms. The van der Waals surface area contributed by atoms with Crippen molar-refractivity contribution in [3.63, 3.8) is 0 Å². The van der Waals surface area contributed by atoms with E-state index in [1.165, 1.54) is 0 Å². The molecule has 0 N–H and O–H groups in total. The summed E-state index contributed by atoms with van der Waals surface area (Å²) in [6.45, 7) is 0. The van der Waals surface area contributed by atoms with Gasteiger partial charge in [0, 0.05) is 4.47 Å². The predicted molar refractivity (Wildman–Crippen MR) is 89.8 cm³/mol.